The van der Waals surface area contributed by atoms with Gasteiger partial charge in [0, 0.05) is 24.7 Å². The van der Waals surface area contributed by atoms with Crippen molar-refractivity contribution in [2.24, 2.45) is 11.1 Å². The van der Waals surface area contributed by atoms with Crippen molar-refractivity contribution in [3.8, 4) is 0 Å². The van der Waals surface area contributed by atoms with Crippen LogP contribution in [0.4, 0.5) is 11.5 Å². The van der Waals surface area contributed by atoms with Gasteiger partial charge < -0.3 is 10.2 Å². The number of rotatable bonds is 4. The van der Waals surface area contributed by atoms with E-state index in [1.54, 1.807) is 12.1 Å². The molecule has 0 atom stereocenters. The smallest absolute Gasteiger partial charge is 0.238 e. The van der Waals surface area contributed by atoms with Crippen LogP contribution in [0.25, 0.3) is 0 Å². The van der Waals surface area contributed by atoms with Gasteiger partial charge in [0.2, 0.25) is 15.9 Å². The maximum Gasteiger partial charge on any atom is 0.238 e. The highest BCUT2D eigenvalue weighted by atomic mass is 32.2. The number of nitrogens with one attached hydrogen (secondary N) is 1. The SMILES string of the molecule is Cc1ccc(N2CCC(C(=O)Nc3cccc(S(N)(=O)=O)c3)CC2)nn1. The predicted molar refractivity (Wildman–Crippen MR) is 98.2 cm³/mol. The average molecular weight is 375 g/mol. The van der Waals surface area contributed by atoms with E-state index in [2.05, 4.69) is 20.4 Å². The highest BCUT2D eigenvalue weighted by Gasteiger charge is 2.26. The van der Waals surface area contributed by atoms with Gasteiger partial charge in [0.15, 0.2) is 5.82 Å². The lowest BCUT2D eigenvalue weighted by molar-refractivity contribution is -0.120. The summed E-state index contributed by atoms with van der Waals surface area (Å²) >= 11 is 0. The zero-order valence-electron chi connectivity index (χ0n) is 14.4. The van der Waals surface area contributed by atoms with Gasteiger partial charge in [-0.1, -0.05) is 6.07 Å². The quantitative estimate of drug-likeness (QED) is 0.831. The van der Waals surface area contributed by atoms with Crippen molar-refractivity contribution >= 4 is 27.4 Å². The molecule has 138 valence electrons. The van der Waals surface area contributed by atoms with E-state index in [4.69, 9.17) is 5.14 Å². The molecule has 8 nitrogen and oxygen atoms in total. The fraction of sp³-hybridized carbons (Fsp3) is 0.353. The number of nitrogens with zero attached hydrogens (tertiary/aromatic N) is 3. The monoisotopic (exact) mass is 375 g/mol. The van der Waals surface area contributed by atoms with Crippen LogP contribution in [-0.4, -0.2) is 37.6 Å². The number of primary sulfonamides is 1. The number of nitrogens with two attached hydrogens (primary N) is 1. The number of aryl methyl sites for hydroxylation is 1. The minimum atomic E-state index is -3.80. The maximum atomic E-state index is 12.5. The molecule has 1 aliphatic rings. The molecule has 1 aromatic carbocycles. The Hall–Kier alpha value is -2.52. The number of hydrogen-bond acceptors (Lipinski definition) is 6. The molecule has 2 aromatic rings. The van der Waals surface area contributed by atoms with Crippen molar-refractivity contribution in [1.82, 2.24) is 10.2 Å². The van der Waals surface area contributed by atoms with Gasteiger partial charge in [-0.05, 0) is 50.1 Å². The fourth-order valence-corrected chi connectivity index (χ4v) is 3.49. The van der Waals surface area contributed by atoms with Crippen molar-refractivity contribution in [3.05, 3.63) is 42.1 Å². The molecule has 1 aliphatic heterocycles. The summed E-state index contributed by atoms with van der Waals surface area (Å²) in [6, 6.07) is 9.80. The molecule has 1 saturated heterocycles. The van der Waals surface area contributed by atoms with Crippen LogP contribution in [0, 0.1) is 12.8 Å². The Labute approximate surface area is 152 Å². The van der Waals surface area contributed by atoms with Crippen molar-refractivity contribution in [2.45, 2.75) is 24.7 Å². The number of carbonyl (C=O) groups is 1. The number of sulfonamides is 1. The van der Waals surface area contributed by atoms with E-state index in [0.29, 0.717) is 31.6 Å². The van der Waals surface area contributed by atoms with Crippen LogP contribution in [0.3, 0.4) is 0 Å². The number of benzene rings is 1. The Balaban J connectivity index is 1.59. The van der Waals surface area contributed by atoms with Crippen molar-refractivity contribution in [3.63, 3.8) is 0 Å². The summed E-state index contributed by atoms with van der Waals surface area (Å²) in [6.45, 7) is 3.32. The Morgan fingerprint density at radius 2 is 1.92 bits per heavy atom. The highest BCUT2D eigenvalue weighted by Crippen LogP contribution is 2.23. The Bertz CT molecular complexity index is 891. The number of aromatic nitrogens is 2. The second-order valence-electron chi connectivity index (χ2n) is 6.36. The first-order chi connectivity index (χ1) is 12.3. The molecule has 3 rings (SSSR count). The first-order valence-corrected chi connectivity index (χ1v) is 9.86. The van der Waals surface area contributed by atoms with E-state index in [1.165, 1.54) is 12.1 Å². The van der Waals surface area contributed by atoms with Gasteiger partial charge in [-0.25, -0.2) is 13.6 Å². The lowest BCUT2D eigenvalue weighted by Crippen LogP contribution is -2.38. The fourth-order valence-electron chi connectivity index (χ4n) is 2.93. The van der Waals surface area contributed by atoms with Crippen LogP contribution < -0.4 is 15.4 Å². The summed E-state index contributed by atoms with van der Waals surface area (Å²) < 4.78 is 22.8. The second-order valence-corrected chi connectivity index (χ2v) is 7.92. The van der Waals surface area contributed by atoms with Gasteiger partial charge in [0.1, 0.15) is 0 Å². The summed E-state index contributed by atoms with van der Waals surface area (Å²) in [5.74, 6) is 0.560. The maximum absolute atomic E-state index is 12.5. The summed E-state index contributed by atoms with van der Waals surface area (Å²) in [7, 11) is -3.80. The van der Waals surface area contributed by atoms with Crippen molar-refractivity contribution in [2.75, 3.05) is 23.3 Å². The van der Waals surface area contributed by atoms with E-state index >= 15 is 0 Å². The normalized spacial score (nSPS) is 15.7. The molecule has 3 N–H and O–H groups in total. The third kappa shape index (κ3) is 4.36. The van der Waals surface area contributed by atoms with Crippen LogP contribution in [0.2, 0.25) is 0 Å². The van der Waals surface area contributed by atoms with Crippen LogP contribution in [0.5, 0.6) is 0 Å². The van der Waals surface area contributed by atoms with Gasteiger partial charge >= 0.3 is 0 Å². The summed E-state index contributed by atoms with van der Waals surface area (Å²) in [6.07, 6.45) is 1.38. The largest absolute Gasteiger partial charge is 0.355 e. The Morgan fingerprint density at radius 3 is 2.54 bits per heavy atom. The van der Waals surface area contributed by atoms with Gasteiger partial charge in [0.05, 0.1) is 10.6 Å². The topological polar surface area (TPSA) is 118 Å². The Morgan fingerprint density at radius 1 is 1.19 bits per heavy atom. The summed E-state index contributed by atoms with van der Waals surface area (Å²) in [4.78, 5) is 14.6. The van der Waals surface area contributed by atoms with Crippen molar-refractivity contribution in [1.29, 1.82) is 0 Å². The summed E-state index contributed by atoms with van der Waals surface area (Å²) in [5.41, 5.74) is 1.29. The van der Waals surface area contributed by atoms with E-state index in [9.17, 15) is 13.2 Å². The molecule has 0 aliphatic carbocycles. The lowest BCUT2D eigenvalue weighted by Gasteiger charge is -2.31. The number of piperidine rings is 1. The Kier molecular flexibility index (Phi) is 5.19. The first kappa shape index (κ1) is 18.3. The average Bonchev–Trinajstić information content (AvgIpc) is 2.62. The molecular formula is C17H21N5O3S. The van der Waals surface area contributed by atoms with Crippen LogP contribution >= 0.6 is 0 Å². The van der Waals surface area contributed by atoms with Crippen LogP contribution in [0.1, 0.15) is 18.5 Å². The highest BCUT2D eigenvalue weighted by molar-refractivity contribution is 7.89. The zero-order valence-corrected chi connectivity index (χ0v) is 15.2. The minimum Gasteiger partial charge on any atom is -0.355 e. The number of anilines is 2. The van der Waals surface area contributed by atoms with Crippen LogP contribution in [0.15, 0.2) is 41.3 Å². The zero-order chi connectivity index (χ0) is 18.7. The van der Waals surface area contributed by atoms with Crippen molar-refractivity contribution < 1.29 is 13.2 Å². The number of hydrogen-bond donors (Lipinski definition) is 2. The first-order valence-electron chi connectivity index (χ1n) is 8.32. The molecule has 1 aromatic heterocycles. The second kappa shape index (κ2) is 7.38. The molecule has 0 saturated carbocycles. The van der Waals surface area contributed by atoms with Gasteiger partial charge in [-0.15, -0.1) is 5.10 Å². The van der Waals surface area contributed by atoms with E-state index in [1.807, 2.05) is 19.1 Å². The number of amides is 1. The molecule has 9 heteroatoms. The molecule has 26 heavy (non-hydrogen) atoms. The van der Waals surface area contributed by atoms with Gasteiger partial charge in [0.25, 0.3) is 0 Å². The molecule has 0 radical (unpaired) electrons. The molecule has 0 spiro atoms. The third-order valence-corrected chi connectivity index (χ3v) is 5.31. The van der Waals surface area contributed by atoms with E-state index in [0.717, 1.165) is 11.5 Å². The molecule has 0 bridgehead atoms. The lowest BCUT2D eigenvalue weighted by atomic mass is 9.96. The van der Waals surface area contributed by atoms with Gasteiger partial charge in [-0.2, -0.15) is 5.10 Å². The van der Waals surface area contributed by atoms with E-state index in [-0.39, 0.29) is 16.7 Å². The minimum absolute atomic E-state index is 0.0249. The molecule has 2 heterocycles. The van der Waals surface area contributed by atoms with E-state index < -0.39 is 10.0 Å². The molecule has 0 unspecified atom stereocenters. The number of carbonyl (C=O) groups excluding carboxylic acids is 1. The standard InChI is InChI=1S/C17H21N5O3S/c1-12-5-6-16(21-20-12)22-9-7-13(8-10-22)17(23)19-14-3-2-4-15(11-14)26(18,24)25/h2-6,11,13H,7-10H2,1H3,(H,19,23)(H2,18,24,25). The molecule has 1 amide bonds. The summed E-state index contributed by atoms with van der Waals surface area (Å²) in [5, 5.41) is 16.1. The van der Waals surface area contributed by atoms with Gasteiger partial charge in [-0.3, -0.25) is 4.79 Å². The molecular weight excluding hydrogens is 354 g/mol. The van der Waals surface area contributed by atoms with Crippen LogP contribution in [-0.2, 0) is 14.8 Å². The third-order valence-electron chi connectivity index (χ3n) is 4.40. The predicted octanol–water partition coefficient (Wildman–Crippen LogP) is 1.29. The molecule has 1 fully saturated rings.